The van der Waals surface area contributed by atoms with Crippen molar-refractivity contribution in [3.05, 3.63) is 58.7 Å². The quantitative estimate of drug-likeness (QED) is 0.734. The number of carbonyl (C=O) groups excluding carboxylic acids is 1. The average molecular weight is 333 g/mol. The average Bonchev–Trinajstić information content (AvgIpc) is 2.60. The lowest BCUT2D eigenvalue weighted by atomic mass is 9.63. The van der Waals surface area contributed by atoms with E-state index in [9.17, 15) is 4.79 Å². The van der Waals surface area contributed by atoms with Crippen LogP contribution in [-0.2, 0) is 16.6 Å². The lowest BCUT2D eigenvalue weighted by Gasteiger charge is -2.50. The standard InChI is InChI=1S/C23H27NO/c1-15-6-5-7-19(16(15)2)17-8-10-20-18(14-17)9-11-21-23(20,3)13-12-22(25)24(21)4/h5-8,10,14,21H,9,11-13H2,1-4H3/t21-,23-/m1/s1. The first-order valence-electron chi connectivity index (χ1n) is 9.37. The van der Waals surface area contributed by atoms with Gasteiger partial charge >= 0.3 is 0 Å². The Morgan fingerprint density at radius 2 is 1.92 bits per heavy atom. The van der Waals surface area contributed by atoms with Crippen molar-refractivity contribution in [2.75, 3.05) is 7.05 Å². The molecule has 130 valence electrons. The third kappa shape index (κ3) is 2.42. The summed E-state index contributed by atoms with van der Waals surface area (Å²) in [6, 6.07) is 13.9. The molecule has 1 aliphatic heterocycles. The normalized spacial score (nSPS) is 25.5. The molecular weight excluding hydrogens is 306 g/mol. The number of nitrogens with zero attached hydrogens (tertiary/aromatic N) is 1. The van der Waals surface area contributed by atoms with Crippen molar-refractivity contribution in [3.8, 4) is 11.1 Å². The van der Waals surface area contributed by atoms with E-state index in [4.69, 9.17) is 0 Å². The van der Waals surface area contributed by atoms with Crippen LogP contribution in [0.25, 0.3) is 11.1 Å². The van der Waals surface area contributed by atoms with Crippen LogP contribution in [0.15, 0.2) is 36.4 Å². The molecule has 2 nitrogen and oxygen atoms in total. The van der Waals surface area contributed by atoms with Gasteiger partial charge in [-0.05, 0) is 66.5 Å². The zero-order chi connectivity index (χ0) is 17.8. The Morgan fingerprint density at radius 3 is 2.72 bits per heavy atom. The Hall–Kier alpha value is -2.09. The van der Waals surface area contributed by atoms with Crippen molar-refractivity contribution in [2.45, 2.75) is 57.9 Å². The summed E-state index contributed by atoms with van der Waals surface area (Å²) in [4.78, 5) is 14.1. The predicted octanol–water partition coefficient (Wildman–Crippen LogP) is 4.80. The molecule has 1 aliphatic carbocycles. The maximum Gasteiger partial charge on any atom is 0.222 e. The molecule has 2 aromatic rings. The molecule has 2 aromatic carbocycles. The Kier molecular flexibility index (Phi) is 3.75. The van der Waals surface area contributed by atoms with Gasteiger partial charge in [0.2, 0.25) is 5.91 Å². The van der Waals surface area contributed by atoms with Crippen LogP contribution in [0.1, 0.15) is 48.4 Å². The minimum atomic E-state index is 0.0937. The van der Waals surface area contributed by atoms with E-state index < -0.39 is 0 Å². The van der Waals surface area contributed by atoms with Crippen molar-refractivity contribution in [3.63, 3.8) is 0 Å². The molecule has 1 saturated heterocycles. The lowest BCUT2D eigenvalue weighted by molar-refractivity contribution is -0.138. The molecule has 1 amide bonds. The minimum absolute atomic E-state index is 0.0937. The van der Waals surface area contributed by atoms with Gasteiger partial charge < -0.3 is 4.90 Å². The molecule has 2 atom stereocenters. The molecule has 2 heteroatoms. The Morgan fingerprint density at radius 1 is 1.12 bits per heavy atom. The molecule has 2 aliphatic rings. The topological polar surface area (TPSA) is 20.3 Å². The third-order valence-corrected chi connectivity index (χ3v) is 6.78. The summed E-state index contributed by atoms with van der Waals surface area (Å²) in [6.07, 6.45) is 3.77. The van der Waals surface area contributed by atoms with Crippen molar-refractivity contribution in [2.24, 2.45) is 0 Å². The van der Waals surface area contributed by atoms with Crippen molar-refractivity contribution < 1.29 is 4.79 Å². The largest absolute Gasteiger partial charge is 0.342 e. The van der Waals surface area contributed by atoms with E-state index in [0.29, 0.717) is 18.4 Å². The number of likely N-dealkylation sites (N-methyl/N-ethyl adjacent to an activating group) is 1. The monoisotopic (exact) mass is 333 g/mol. The smallest absolute Gasteiger partial charge is 0.222 e. The van der Waals surface area contributed by atoms with Crippen LogP contribution in [0, 0.1) is 13.8 Å². The van der Waals surface area contributed by atoms with E-state index in [-0.39, 0.29) is 5.41 Å². The molecule has 4 rings (SSSR count). The molecule has 25 heavy (non-hydrogen) atoms. The van der Waals surface area contributed by atoms with Crippen molar-refractivity contribution >= 4 is 5.91 Å². The number of benzene rings is 2. The fraction of sp³-hybridized carbons (Fsp3) is 0.435. The highest BCUT2D eigenvalue weighted by molar-refractivity contribution is 5.78. The summed E-state index contributed by atoms with van der Waals surface area (Å²) in [7, 11) is 1.99. The fourth-order valence-electron chi connectivity index (χ4n) is 5.02. The molecule has 1 heterocycles. The maximum absolute atomic E-state index is 12.1. The first-order chi connectivity index (χ1) is 11.9. The number of fused-ring (bicyclic) bond motifs is 3. The Bertz CT molecular complexity index is 853. The van der Waals surface area contributed by atoms with Gasteiger partial charge in [-0.15, -0.1) is 0 Å². The number of aryl methyl sites for hydroxylation is 2. The van der Waals surface area contributed by atoms with Gasteiger partial charge in [-0.2, -0.15) is 0 Å². The zero-order valence-electron chi connectivity index (χ0n) is 15.7. The van der Waals surface area contributed by atoms with Crippen LogP contribution in [-0.4, -0.2) is 23.9 Å². The zero-order valence-corrected chi connectivity index (χ0v) is 15.7. The molecule has 0 saturated carbocycles. The summed E-state index contributed by atoms with van der Waals surface area (Å²) >= 11 is 0. The van der Waals surface area contributed by atoms with Gasteiger partial charge in [0.15, 0.2) is 0 Å². The number of hydrogen-bond donors (Lipinski definition) is 0. The number of hydrogen-bond acceptors (Lipinski definition) is 1. The summed E-state index contributed by atoms with van der Waals surface area (Å²) in [5.41, 5.74) is 8.39. The first kappa shape index (κ1) is 16.4. The molecular formula is C23H27NO. The summed E-state index contributed by atoms with van der Waals surface area (Å²) < 4.78 is 0. The molecule has 0 N–H and O–H groups in total. The second kappa shape index (κ2) is 5.72. The van der Waals surface area contributed by atoms with Crippen LogP contribution in [0.5, 0.6) is 0 Å². The molecule has 0 aromatic heterocycles. The molecule has 0 unspecified atom stereocenters. The van der Waals surface area contributed by atoms with Gasteiger partial charge in [-0.25, -0.2) is 0 Å². The number of piperidine rings is 1. The van der Waals surface area contributed by atoms with Gasteiger partial charge in [0, 0.05) is 24.9 Å². The van der Waals surface area contributed by atoms with Crippen LogP contribution in [0.4, 0.5) is 0 Å². The number of likely N-dealkylation sites (tertiary alicyclic amines) is 1. The Labute approximate surface area is 150 Å². The van der Waals surface area contributed by atoms with E-state index in [0.717, 1.165) is 19.3 Å². The maximum atomic E-state index is 12.1. The van der Waals surface area contributed by atoms with E-state index in [1.165, 1.54) is 33.4 Å². The minimum Gasteiger partial charge on any atom is -0.342 e. The highest BCUT2D eigenvalue weighted by Crippen LogP contribution is 2.46. The fourth-order valence-corrected chi connectivity index (χ4v) is 5.02. The van der Waals surface area contributed by atoms with E-state index in [1.54, 1.807) is 0 Å². The molecule has 0 radical (unpaired) electrons. The summed E-state index contributed by atoms with van der Waals surface area (Å²) in [6.45, 7) is 6.75. The van der Waals surface area contributed by atoms with Gasteiger partial charge in [0.25, 0.3) is 0 Å². The first-order valence-corrected chi connectivity index (χ1v) is 9.37. The predicted molar refractivity (Wildman–Crippen MR) is 103 cm³/mol. The number of rotatable bonds is 1. The van der Waals surface area contributed by atoms with E-state index in [2.05, 4.69) is 57.2 Å². The molecule has 0 spiro atoms. The Balaban J connectivity index is 1.78. The summed E-state index contributed by atoms with van der Waals surface area (Å²) in [5.74, 6) is 0.304. The lowest BCUT2D eigenvalue weighted by Crippen LogP contribution is -2.56. The number of carbonyl (C=O) groups is 1. The van der Waals surface area contributed by atoms with Crippen LogP contribution in [0.2, 0.25) is 0 Å². The SMILES string of the molecule is Cc1cccc(-c2ccc3c(c2)CC[C@H]2N(C)C(=O)CC[C@]32C)c1C. The van der Waals surface area contributed by atoms with Gasteiger partial charge in [-0.1, -0.05) is 43.3 Å². The molecule has 1 fully saturated rings. The van der Waals surface area contributed by atoms with Crippen LogP contribution in [0.3, 0.4) is 0 Å². The molecule has 0 bridgehead atoms. The van der Waals surface area contributed by atoms with Gasteiger partial charge in [0.1, 0.15) is 0 Å². The van der Waals surface area contributed by atoms with Crippen LogP contribution < -0.4 is 0 Å². The second-order valence-corrected chi connectivity index (χ2v) is 8.10. The van der Waals surface area contributed by atoms with Crippen molar-refractivity contribution in [1.82, 2.24) is 4.90 Å². The van der Waals surface area contributed by atoms with Crippen LogP contribution >= 0.6 is 0 Å². The second-order valence-electron chi connectivity index (χ2n) is 8.10. The number of amides is 1. The highest BCUT2D eigenvalue weighted by atomic mass is 16.2. The van der Waals surface area contributed by atoms with Gasteiger partial charge in [-0.3, -0.25) is 4.79 Å². The third-order valence-electron chi connectivity index (χ3n) is 6.78. The van der Waals surface area contributed by atoms with E-state index in [1.807, 2.05) is 11.9 Å². The van der Waals surface area contributed by atoms with Crippen molar-refractivity contribution in [1.29, 1.82) is 0 Å². The van der Waals surface area contributed by atoms with Gasteiger partial charge in [0.05, 0.1) is 0 Å². The highest BCUT2D eigenvalue weighted by Gasteiger charge is 2.46. The summed E-state index contributed by atoms with van der Waals surface area (Å²) in [5, 5.41) is 0. The van der Waals surface area contributed by atoms with E-state index >= 15 is 0 Å².